The van der Waals surface area contributed by atoms with Gasteiger partial charge in [0.2, 0.25) is 5.95 Å². The Balaban J connectivity index is 2.13. The third-order valence-corrected chi connectivity index (χ3v) is 4.59. The molecule has 0 spiro atoms. The summed E-state index contributed by atoms with van der Waals surface area (Å²) in [6, 6.07) is 5.30. The smallest absolute Gasteiger partial charge is 0.228 e. The molecule has 1 atom stereocenters. The van der Waals surface area contributed by atoms with Crippen LogP contribution in [-0.2, 0) is 9.47 Å². The molecular formula is C18H21Cl2N5O2. The number of fused-ring (bicyclic) bond motifs is 1. The molecule has 1 aromatic carbocycles. The van der Waals surface area contributed by atoms with Crippen molar-refractivity contribution in [1.29, 1.82) is 0 Å². The van der Waals surface area contributed by atoms with E-state index in [9.17, 15) is 0 Å². The minimum absolute atomic E-state index is 0.0791. The molecule has 2 heterocycles. The number of anilines is 1. The van der Waals surface area contributed by atoms with Crippen molar-refractivity contribution in [2.75, 3.05) is 32.8 Å². The summed E-state index contributed by atoms with van der Waals surface area (Å²) < 4.78 is 12.2. The van der Waals surface area contributed by atoms with E-state index in [-0.39, 0.29) is 6.04 Å². The van der Waals surface area contributed by atoms with E-state index in [1.165, 1.54) is 0 Å². The van der Waals surface area contributed by atoms with E-state index in [0.717, 1.165) is 16.8 Å². The van der Waals surface area contributed by atoms with Crippen molar-refractivity contribution in [3.63, 3.8) is 0 Å². The average molecular weight is 409 g/mol. The molecule has 2 aromatic heterocycles. The highest BCUT2D eigenvalue weighted by Gasteiger charge is 2.20. The van der Waals surface area contributed by atoms with Crippen molar-refractivity contribution in [2.45, 2.75) is 19.9 Å². The van der Waals surface area contributed by atoms with Gasteiger partial charge in [-0.15, -0.1) is 0 Å². The fraction of sp³-hybridized carbons (Fsp3) is 0.389. The van der Waals surface area contributed by atoms with Gasteiger partial charge in [-0.3, -0.25) is 0 Å². The Morgan fingerprint density at radius 2 is 1.81 bits per heavy atom. The molecule has 9 heteroatoms. The van der Waals surface area contributed by atoms with Crippen LogP contribution in [0.1, 0.15) is 11.5 Å². The van der Waals surface area contributed by atoms with E-state index in [1.807, 2.05) is 19.9 Å². The van der Waals surface area contributed by atoms with Crippen LogP contribution < -0.4 is 5.32 Å². The van der Waals surface area contributed by atoms with E-state index in [4.69, 9.17) is 32.7 Å². The molecule has 7 nitrogen and oxygen atoms in total. The molecule has 3 aromatic rings. The number of aromatic nitrogens is 4. The molecule has 0 radical (unpaired) electrons. The van der Waals surface area contributed by atoms with Crippen molar-refractivity contribution in [3.8, 4) is 11.1 Å². The van der Waals surface area contributed by atoms with Crippen LogP contribution in [0.5, 0.6) is 0 Å². The summed E-state index contributed by atoms with van der Waals surface area (Å²) in [5, 5.41) is 9.07. The van der Waals surface area contributed by atoms with Crippen LogP contribution in [-0.4, -0.2) is 53.1 Å². The highest BCUT2D eigenvalue weighted by molar-refractivity contribution is 6.36. The van der Waals surface area contributed by atoms with Crippen LogP contribution in [0.15, 0.2) is 18.2 Å². The maximum absolute atomic E-state index is 6.43. The van der Waals surface area contributed by atoms with Gasteiger partial charge < -0.3 is 14.8 Å². The van der Waals surface area contributed by atoms with Gasteiger partial charge in [-0.1, -0.05) is 29.3 Å². The molecule has 3 rings (SSSR count). The Hall–Kier alpha value is -1.93. The van der Waals surface area contributed by atoms with Gasteiger partial charge in [0.15, 0.2) is 5.65 Å². The number of methoxy groups -OCH3 is 2. The molecule has 1 N–H and O–H groups in total. The highest BCUT2D eigenvalue weighted by atomic mass is 35.5. The molecule has 0 aliphatic heterocycles. The molecule has 144 valence electrons. The molecule has 0 fully saturated rings. The summed E-state index contributed by atoms with van der Waals surface area (Å²) in [5.41, 5.74) is 3.13. The lowest BCUT2D eigenvalue weighted by Crippen LogP contribution is -2.31. The second kappa shape index (κ2) is 8.39. The fourth-order valence-electron chi connectivity index (χ4n) is 2.96. The van der Waals surface area contributed by atoms with Gasteiger partial charge in [0.25, 0.3) is 0 Å². The van der Waals surface area contributed by atoms with E-state index in [1.54, 1.807) is 30.9 Å². The van der Waals surface area contributed by atoms with Crippen molar-refractivity contribution >= 4 is 34.8 Å². The quantitative estimate of drug-likeness (QED) is 0.640. The number of benzene rings is 1. The van der Waals surface area contributed by atoms with E-state index < -0.39 is 0 Å². The van der Waals surface area contributed by atoms with Gasteiger partial charge in [0.1, 0.15) is 5.82 Å². The minimum atomic E-state index is -0.0791. The molecule has 0 bridgehead atoms. The Labute approximate surface area is 167 Å². The molecule has 0 aliphatic carbocycles. The summed E-state index contributed by atoms with van der Waals surface area (Å²) in [7, 11) is 3.29. The van der Waals surface area contributed by atoms with Gasteiger partial charge in [0.05, 0.1) is 35.5 Å². The van der Waals surface area contributed by atoms with Crippen molar-refractivity contribution in [3.05, 3.63) is 39.8 Å². The number of ether oxygens (including phenoxy) is 2. The molecular weight excluding hydrogens is 388 g/mol. The summed E-state index contributed by atoms with van der Waals surface area (Å²) in [6.45, 7) is 4.68. The molecule has 0 amide bonds. The van der Waals surface area contributed by atoms with Gasteiger partial charge in [-0.05, 0) is 26.0 Å². The number of aryl methyl sites for hydroxylation is 2. The van der Waals surface area contributed by atoms with Crippen LogP contribution in [0, 0.1) is 13.8 Å². The van der Waals surface area contributed by atoms with Crippen molar-refractivity contribution in [1.82, 2.24) is 19.6 Å². The lowest BCUT2D eigenvalue weighted by atomic mass is 10.1. The number of hydrogen-bond acceptors (Lipinski definition) is 6. The van der Waals surface area contributed by atoms with Crippen LogP contribution in [0.4, 0.5) is 5.95 Å². The van der Waals surface area contributed by atoms with E-state index in [2.05, 4.69) is 20.4 Å². The van der Waals surface area contributed by atoms with E-state index >= 15 is 0 Å². The van der Waals surface area contributed by atoms with Gasteiger partial charge in [-0.2, -0.15) is 14.6 Å². The van der Waals surface area contributed by atoms with Gasteiger partial charge in [0, 0.05) is 24.8 Å². The second-order valence-corrected chi connectivity index (χ2v) is 7.01. The Kier molecular flexibility index (Phi) is 6.16. The lowest BCUT2D eigenvalue weighted by Gasteiger charge is -2.18. The largest absolute Gasteiger partial charge is 0.382 e. The highest BCUT2D eigenvalue weighted by Crippen LogP contribution is 2.35. The number of nitrogens with one attached hydrogen (secondary N) is 1. The minimum Gasteiger partial charge on any atom is -0.382 e. The van der Waals surface area contributed by atoms with Gasteiger partial charge in [-0.25, -0.2) is 4.98 Å². The average Bonchev–Trinajstić information content (AvgIpc) is 2.92. The molecule has 0 saturated carbocycles. The summed E-state index contributed by atoms with van der Waals surface area (Å²) in [5.74, 6) is 1.18. The predicted octanol–water partition coefficient (Wildman–Crippen LogP) is 3.79. The third-order valence-electron chi connectivity index (χ3n) is 4.04. The lowest BCUT2D eigenvalue weighted by molar-refractivity contribution is 0.126. The monoisotopic (exact) mass is 408 g/mol. The molecule has 0 saturated heterocycles. The number of nitrogens with zero attached hydrogens (tertiary/aromatic N) is 4. The van der Waals surface area contributed by atoms with Crippen molar-refractivity contribution < 1.29 is 9.47 Å². The summed E-state index contributed by atoms with van der Waals surface area (Å²) >= 11 is 12.5. The fourth-order valence-corrected chi connectivity index (χ4v) is 3.47. The predicted molar refractivity (Wildman–Crippen MR) is 107 cm³/mol. The van der Waals surface area contributed by atoms with Crippen LogP contribution in [0.3, 0.4) is 0 Å². The zero-order valence-electron chi connectivity index (χ0n) is 15.6. The summed E-state index contributed by atoms with van der Waals surface area (Å²) in [6.07, 6.45) is 0. The summed E-state index contributed by atoms with van der Waals surface area (Å²) in [4.78, 5) is 9.09. The maximum Gasteiger partial charge on any atom is 0.228 e. The standard InChI is InChI=1S/C18H21Cl2N5O2/c1-10-16(14-6-5-12(19)7-15(14)20)17-21-11(2)22-18(25(17)24-10)23-13(8-26-3)9-27-4/h5-7,13H,8-9H2,1-4H3,(H,21,22,23)/i3-1. The number of rotatable bonds is 7. The molecule has 27 heavy (non-hydrogen) atoms. The normalized spacial score (nSPS) is 12.5. The number of halogens is 2. The zero-order chi connectivity index (χ0) is 19.6. The first kappa shape index (κ1) is 19.8. The first-order valence-electron chi connectivity index (χ1n) is 8.38. The SMILES string of the molecule is COCC(CO[11CH3])Nc1nc(C)nc2c(-c3ccc(Cl)cc3Cl)c(C)nn12. The molecule has 0 aliphatic rings. The third kappa shape index (κ3) is 4.16. The van der Waals surface area contributed by atoms with Crippen LogP contribution >= 0.6 is 23.2 Å². The topological polar surface area (TPSA) is 73.6 Å². The van der Waals surface area contributed by atoms with E-state index in [0.29, 0.717) is 40.7 Å². The Bertz CT molecular complexity index is 955. The Morgan fingerprint density at radius 3 is 2.44 bits per heavy atom. The van der Waals surface area contributed by atoms with Crippen LogP contribution in [0.2, 0.25) is 10.0 Å². The van der Waals surface area contributed by atoms with Crippen LogP contribution in [0.25, 0.3) is 16.8 Å². The van der Waals surface area contributed by atoms with Gasteiger partial charge >= 0.3 is 0 Å². The number of hydrogen-bond donors (Lipinski definition) is 1. The zero-order valence-corrected chi connectivity index (χ0v) is 17.1. The first-order valence-corrected chi connectivity index (χ1v) is 9.14. The Morgan fingerprint density at radius 1 is 1.11 bits per heavy atom. The molecule has 1 unspecified atom stereocenters. The second-order valence-electron chi connectivity index (χ2n) is 6.17. The van der Waals surface area contributed by atoms with Crippen molar-refractivity contribution in [2.24, 2.45) is 0 Å². The maximum atomic E-state index is 6.43. The first-order chi connectivity index (χ1) is 12.9.